The zero-order valence-corrected chi connectivity index (χ0v) is 10.0. The van der Waals surface area contributed by atoms with Gasteiger partial charge < -0.3 is 28.8 Å². The van der Waals surface area contributed by atoms with Crippen LogP contribution in [-0.2, 0) is 4.57 Å². The maximum absolute atomic E-state index is 8.88. The van der Waals surface area contributed by atoms with E-state index in [0.717, 1.165) is 0 Å². The molecule has 11 heteroatoms. The van der Waals surface area contributed by atoms with Crippen LogP contribution < -0.4 is 14.2 Å². The minimum absolute atomic E-state index is 1.92. The van der Waals surface area contributed by atoms with Crippen molar-refractivity contribution in [1.29, 1.82) is 0 Å². The molecule has 0 amide bonds. The summed E-state index contributed by atoms with van der Waals surface area (Å²) in [6.45, 7) is 0. The average Bonchev–Trinajstić information content (AvgIpc) is 1.96. The first-order valence-electron chi connectivity index (χ1n) is 1.78. The average molecular weight is 227 g/mol. The van der Waals surface area contributed by atoms with Crippen molar-refractivity contribution in [1.82, 2.24) is 0 Å². The van der Waals surface area contributed by atoms with E-state index in [1.165, 1.54) is 0 Å². The van der Waals surface area contributed by atoms with E-state index in [4.69, 9.17) is 19.2 Å². The van der Waals surface area contributed by atoms with Crippen LogP contribution in [0.1, 0.15) is 0 Å². The maximum Gasteiger partial charge on any atom is 0.466 e. The topological polar surface area (TPSA) is 156 Å². The minimum atomic E-state index is -4.64. The summed E-state index contributed by atoms with van der Waals surface area (Å²) in [6, 6.07) is 0. The van der Waals surface area contributed by atoms with Crippen LogP contribution in [0.25, 0.3) is 0 Å². The number of hydrogen-bond acceptors (Lipinski definition) is 4. The fraction of sp³-hybridized carbons (Fsp3) is 0. The Morgan fingerprint density at radius 2 is 0.818 bits per heavy atom. The molecule has 0 aromatic rings. The van der Waals surface area contributed by atoms with Crippen molar-refractivity contribution in [2.75, 3.05) is 0 Å². The van der Waals surface area contributed by atoms with Crippen molar-refractivity contribution in [2.45, 2.75) is 0 Å². The molecule has 0 fully saturated rings. The Morgan fingerprint density at radius 1 is 0.818 bits per heavy atom. The molecule has 0 atom stereocenters. The van der Waals surface area contributed by atoms with E-state index in [9.17, 15) is 0 Å². The highest BCUT2D eigenvalue weighted by molar-refractivity contribution is 7.45. The normalized spacial score (nSPS) is 6.73. The third-order valence-corrected chi connectivity index (χ3v) is 0. The van der Waals surface area contributed by atoms with Crippen LogP contribution in [0.4, 0.5) is 0 Å². The van der Waals surface area contributed by atoms with E-state index in [1.54, 1.807) is 0 Å². The predicted octanol–water partition coefficient (Wildman–Crippen LogP) is -3.84. The molecule has 0 spiro atoms. The summed E-state index contributed by atoms with van der Waals surface area (Å²) in [5.41, 5.74) is 0. The fourth-order valence-corrected chi connectivity index (χ4v) is 0. The van der Waals surface area contributed by atoms with Gasteiger partial charge >= 0.3 is 7.82 Å². The molecule has 9 N–H and O–H groups in total. The summed E-state index contributed by atoms with van der Waals surface area (Å²) in [5.74, 6) is 0. The van der Waals surface area contributed by atoms with Gasteiger partial charge in [0.05, 0.1) is 0 Å². The van der Waals surface area contributed by atoms with Crippen LogP contribution >= 0.6 is 7.82 Å². The summed E-state index contributed by atoms with van der Waals surface area (Å²) < 4.78 is 22.1. The van der Waals surface area contributed by atoms with Gasteiger partial charge in [-0.25, -0.2) is 4.57 Å². The molecule has 6 radical (unpaired) electrons. The van der Waals surface area contributed by atoms with Crippen molar-refractivity contribution in [3.05, 3.63) is 0 Å². The van der Waals surface area contributed by atoms with E-state index in [-0.39, 0.29) is 0 Å². The zero-order valence-electron chi connectivity index (χ0n) is 5.66. The molecule has 0 rings (SSSR count). The molecule has 0 aromatic carbocycles. The van der Waals surface area contributed by atoms with Gasteiger partial charge in [-0.3, -0.25) is 0 Å². The lowest BCUT2D eigenvalue weighted by molar-refractivity contribution is 0.275. The van der Waals surface area contributed by atoms with Gasteiger partial charge in [0.2, 0.25) is 49.5 Å². The van der Waals surface area contributed by atoms with Crippen LogP contribution in [-0.4, -0.2) is 64.2 Å². The Bertz CT molecular complexity index is 66.7. The number of nitrogens with two attached hydrogens (primary N) is 3. The standard InChI is InChI=1S/3Al.3H2N.H3O4P/c;;;;;;1-5(2,3)4/h;;;3*1H2;(H3,1,2,3,4)/q3*+1;3*-1;. The molecule has 0 heterocycles. The largest absolute Gasteiger partial charge is 0.466 e. The van der Waals surface area contributed by atoms with E-state index >= 15 is 0 Å². The summed E-state index contributed by atoms with van der Waals surface area (Å²) in [7, 11) is -4.64. The second-order valence-electron chi connectivity index (χ2n) is 0.513. The molecule has 0 saturated heterocycles. The molecule has 0 saturated carbocycles. The molecule has 11 heavy (non-hydrogen) atoms. The third-order valence-electron chi connectivity index (χ3n) is 0. The molecule has 62 valence electrons. The first-order chi connectivity index (χ1) is 5.00. The van der Waals surface area contributed by atoms with Crippen LogP contribution in [0.15, 0.2) is 0 Å². The van der Waals surface area contributed by atoms with E-state index < -0.39 is 7.82 Å². The highest BCUT2D eigenvalue weighted by atomic mass is 31.2. The maximum atomic E-state index is 8.88. The summed E-state index contributed by atoms with van der Waals surface area (Å²) in [6.07, 6.45) is 0. The predicted molar refractivity (Wildman–Crippen MR) is 44.1 cm³/mol. The Balaban J connectivity index is -0.0000000350. The lowest BCUT2D eigenvalue weighted by Crippen LogP contribution is -1.75. The van der Waals surface area contributed by atoms with Gasteiger partial charge in [-0.2, -0.15) is 0 Å². The van der Waals surface area contributed by atoms with Crippen LogP contribution in [0.5, 0.6) is 0 Å². The lowest BCUT2D eigenvalue weighted by Gasteiger charge is -1.82. The minimum Gasteiger partial charge on any atom is -0.428 e. The first kappa shape index (κ1) is 22.9. The van der Waals surface area contributed by atoms with Gasteiger partial charge in [0.1, 0.15) is 0 Å². The first-order valence-corrected chi connectivity index (χ1v) is 5.35. The van der Waals surface area contributed by atoms with E-state index in [2.05, 4.69) is 14.2 Å². The van der Waals surface area contributed by atoms with Crippen molar-refractivity contribution in [3.8, 4) is 0 Å². The Labute approximate surface area is 90.5 Å². The SMILES string of the molecule is O=P(O)(O)O.[NH2][Al].[NH2][Al].[NH2][Al]. The van der Waals surface area contributed by atoms with Crippen LogP contribution in [0, 0.1) is 0 Å². The monoisotopic (exact) mass is 227 g/mol. The molecule has 0 bridgehead atoms. The molecule has 0 aromatic heterocycles. The second kappa shape index (κ2) is 22.6. The van der Waals surface area contributed by atoms with Gasteiger partial charge in [-0.15, -0.1) is 0 Å². The molecule has 0 aliphatic heterocycles. The van der Waals surface area contributed by atoms with Crippen LogP contribution in [0.2, 0.25) is 0 Å². The molecular formula is H9Al3N3O4P. The summed E-state index contributed by atoms with van der Waals surface area (Å²) in [4.78, 5) is 21.6. The highest BCUT2D eigenvalue weighted by Crippen LogP contribution is 2.25. The van der Waals surface area contributed by atoms with E-state index in [1.807, 2.05) is 49.5 Å². The molecular weight excluding hydrogens is 218 g/mol. The van der Waals surface area contributed by atoms with Gasteiger partial charge in [0.25, 0.3) is 0 Å². The lowest BCUT2D eigenvalue weighted by atomic mass is 13.9. The summed E-state index contributed by atoms with van der Waals surface area (Å²) in [5, 5.41) is 0. The number of phosphoric acid groups is 1. The van der Waals surface area contributed by atoms with Crippen molar-refractivity contribution < 1.29 is 19.2 Å². The van der Waals surface area contributed by atoms with Crippen molar-refractivity contribution >= 4 is 57.4 Å². The number of rotatable bonds is 0. The van der Waals surface area contributed by atoms with Gasteiger partial charge in [0, 0.05) is 0 Å². The van der Waals surface area contributed by atoms with Gasteiger partial charge in [0.15, 0.2) is 0 Å². The molecule has 0 aliphatic carbocycles. The zero-order chi connectivity index (χ0) is 10.5. The molecule has 0 unspecified atom stereocenters. The van der Waals surface area contributed by atoms with Gasteiger partial charge in [-0.1, -0.05) is 0 Å². The third kappa shape index (κ3) is 423. The second-order valence-corrected chi connectivity index (χ2v) is 1.54. The van der Waals surface area contributed by atoms with Crippen LogP contribution in [0.3, 0.4) is 0 Å². The summed E-state index contributed by atoms with van der Waals surface area (Å²) >= 11 is 5.75. The Morgan fingerprint density at radius 3 is 0.818 bits per heavy atom. The number of hydrogen-bond donors (Lipinski definition) is 6. The molecule has 0 aliphatic rings. The smallest absolute Gasteiger partial charge is 0.428 e. The van der Waals surface area contributed by atoms with Crippen molar-refractivity contribution in [2.24, 2.45) is 14.2 Å². The van der Waals surface area contributed by atoms with Gasteiger partial charge in [-0.05, 0) is 0 Å². The molecule has 7 nitrogen and oxygen atoms in total. The Hall–Kier alpha value is 1.59. The fourth-order valence-electron chi connectivity index (χ4n) is 0. The quantitative estimate of drug-likeness (QED) is 0.183. The Kier molecular flexibility index (Phi) is 47.0. The highest BCUT2D eigenvalue weighted by Gasteiger charge is 2.00. The van der Waals surface area contributed by atoms with E-state index in [0.29, 0.717) is 0 Å². The van der Waals surface area contributed by atoms with Crippen molar-refractivity contribution in [3.63, 3.8) is 0 Å².